The summed E-state index contributed by atoms with van der Waals surface area (Å²) >= 11 is 3.48. The molecular formula is C21H19BrN4O. The molecule has 136 valence electrons. The first kappa shape index (κ1) is 17.5. The summed E-state index contributed by atoms with van der Waals surface area (Å²) in [6, 6.07) is 17.8. The van der Waals surface area contributed by atoms with E-state index in [9.17, 15) is 4.79 Å². The maximum atomic E-state index is 12.7. The predicted molar refractivity (Wildman–Crippen MR) is 111 cm³/mol. The molecule has 2 aromatic carbocycles. The van der Waals surface area contributed by atoms with Crippen molar-refractivity contribution in [3.8, 4) is 5.69 Å². The lowest BCUT2D eigenvalue weighted by Crippen LogP contribution is -2.17. The van der Waals surface area contributed by atoms with Crippen molar-refractivity contribution in [3.05, 3.63) is 76.5 Å². The second-order valence-electron chi connectivity index (χ2n) is 6.57. The Kier molecular flexibility index (Phi) is 4.58. The molecule has 2 aromatic heterocycles. The number of aromatic nitrogens is 3. The summed E-state index contributed by atoms with van der Waals surface area (Å²) in [6.45, 7) is 1.91. The van der Waals surface area contributed by atoms with Crippen molar-refractivity contribution in [1.82, 2.24) is 14.3 Å². The van der Waals surface area contributed by atoms with E-state index in [1.54, 1.807) is 4.68 Å². The maximum absolute atomic E-state index is 12.7. The maximum Gasteiger partial charge on any atom is 0.230 e. The van der Waals surface area contributed by atoms with Gasteiger partial charge >= 0.3 is 0 Å². The summed E-state index contributed by atoms with van der Waals surface area (Å²) < 4.78 is 4.76. The molecule has 0 radical (unpaired) electrons. The summed E-state index contributed by atoms with van der Waals surface area (Å²) in [6.07, 6.45) is 2.32. The molecule has 5 nitrogen and oxygen atoms in total. The Bertz CT molecular complexity index is 1140. The van der Waals surface area contributed by atoms with Crippen molar-refractivity contribution in [1.29, 1.82) is 0 Å². The standard InChI is InChI=1S/C21H19BrN4O/c1-14-10-20(26(24-14)17-7-5-6-16(22)12-17)23-21(27)11-15-13-25(2)19-9-4-3-8-18(15)19/h3-10,12-13H,11H2,1-2H3,(H,23,27). The molecule has 1 amide bonds. The minimum absolute atomic E-state index is 0.0671. The smallest absolute Gasteiger partial charge is 0.230 e. The van der Waals surface area contributed by atoms with Gasteiger partial charge in [0, 0.05) is 34.7 Å². The number of carbonyl (C=O) groups excluding carboxylic acids is 1. The number of aryl methyl sites for hydroxylation is 2. The molecule has 0 saturated carbocycles. The van der Waals surface area contributed by atoms with Crippen LogP contribution >= 0.6 is 15.9 Å². The fourth-order valence-corrected chi connectivity index (χ4v) is 3.71. The van der Waals surface area contributed by atoms with Gasteiger partial charge in [0.25, 0.3) is 0 Å². The van der Waals surface area contributed by atoms with Gasteiger partial charge < -0.3 is 9.88 Å². The third-order valence-corrected chi connectivity index (χ3v) is 4.98. The average molecular weight is 423 g/mol. The number of para-hydroxylation sites is 1. The number of fused-ring (bicyclic) bond motifs is 1. The average Bonchev–Trinajstić information content (AvgIpc) is 3.15. The van der Waals surface area contributed by atoms with Gasteiger partial charge in [-0.05, 0) is 36.8 Å². The summed E-state index contributed by atoms with van der Waals surface area (Å²) in [5, 5.41) is 8.63. The van der Waals surface area contributed by atoms with Gasteiger partial charge in [0.15, 0.2) is 0 Å². The normalized spacial score (nSPS) is 11.1. The van der Waals surface area contributed by atoms with Crippen LogP contribution in [0.3, 0.4) is 0 Å². The van der Waals surface area contributed by atoms with Crippen molar-refractivity contribution in [2.45, 2.75) is 13.3 Å². The highest BCUT2D eigenvalue weighted by molar-refractivity contribution is 9.10. The molecule has 4 rings (SSSR count). The van der Waals surface area contributed by atoms with Crippen molar-refractivity contribution in [2.24, 2.45) is 7.05 Å². The van der Waals surface area contributed by atoms with Crippen LogP contribution in [-0.4, -0.2) is 20.3 Å². The van der Waals surface area contributed by atoms with E-state index in [0.717, 1.165) is 32.3 Å². The van der Waals surface area contributed by atoms with Crippen molar-refractivity contribution in [2.75, 3.05) is 5.32 Å². The number of amides is 1. The van der Waals surface area contributed by atoms with Gasteiger partial charge in [-0.25, -0.2) is 4.68 Å². The number of nitrogens with one attached hydrogen (secondary N) is 1. The van der Waals surface area contributed by atoms with Gasteiger partial charge in [0.1, 0.15) is 5.82 Å². The molecule has 4 aromatic rings. The van der Waals surface area contributed by atoms with Crippen LogP contribution in [0.15, 0.2) is 65.3 Å². The molecule has 6 heteroatoms. The van der Waals surface area contributed by atoms with E-state index >= 15 is 0 Å². The van der Waals surface area contributed by atoms with Crippen molar-refractivity contribution in [3.63, 3.8) is 0 Å². The number of rotatable bonds is 4. The zero-order valence-corrected chi connectivity index (χ0v) is 16.7. The van der Waals surface area contributed by atoms with Crippen LogP contribution in [-0.2, 0) is 18.3 Å². The third kappa shape index (κ3) is 3.53. The Morgan fingerprint density at radius 3 is 2.78 bits per heavy atom. The highest BCUT2D eigenvalue weighted by atomic mass is 79.9. The second kappa shape index (κ2) is 7.04. The minimum Gasteiger partial charge on any atom is -0.350 e. The van der Waals surface area contributed by atoms with Gasteiger partial charge in [-0.1, -0.05) is 40.2 Å². The number of benzene rings is 2. The number of hydrogen-bond donors (Lipinski definition) is 1. The lowest BCUT2D eigenvalue weighted by Gasteiger charge is -2.09. The molecule has 0 fully saturated rings. The summed E-state index contributed by atoms with van der Waals surface area (Å²) in [4.78, 5) is 12.7. The topological polar surface area (TPSA) is 51.9 Å². The second-order valence-corrected chi connectivity index (χ2v) is 7.49. The zero-order valence-electron chi connectivity index (χ0n) is 15.1. The minimum atomic E-state index is -0.0671. The molecule has 0 aliphatic carbocycles. The Balaban J connectivity index is 1.60. The largest absolute Gasteiger partial charge is 0.350 e. The number of anilines is 1. The summed E-state index contributed by atoms with van der Waals surface area (Å²) in [5.41, 5.74) is 3.86. The van der Waals surface area contributed by atoms with E-state index in [1.165, 1.54) is 0 Å². The van der Waals surface area contributed by atoms with Gasteiger partial charge in [-0.2, -0.15) is 5.10 Å². The van der Waals surface area contributed by atoms with E-state index in [1.807, 2.05) is 73.3 Å². The molecule has 2 heterocycles. The molecule has 27 heavy (non-hydrogen) atoms. The number of nitrogens with zero attached hydrogens (tertiary/aromatic N) is 3. The number of halogens is 1. The molecule has 0 saturated heterocycles. The van der Waals surface area contributed by atoms with Crippen LogP contribution in [0.25, 0.3) is 16.6 Å². The van der Waals surface area contributed by atoms with Crippen LogP contribution in [0, 0.1) is 6.92 Å². The number of hydrogen-bond acceptors (Lipinski definition) is 2. The molecule has 0 aliphatic heterocycles. The Morgan fingerprint density at radius 1 is 1.15 bits per heavy atom. The molecule has 0 unspecified atom stereocenters. The van der Waals surface area contributed by atoms with Crippen molar-refractivity contribution >= 4 is 38.6 Å². The first-order chi connectivity index (χ1) is 13.0. The lowest BCUT2D eigenvalue weighted by atomic mass is 10.1. The SMILES string of the molecule is Cc1cc(NC(=O)Cc2cn(C)c3ccccc23)n(-c2cccc(Br)c2)n1. The predicted octanol–water partition coefficient (Wildman–Crippen LogP) is 4.62. The fraction of sp³-hybridized carbons (Fsp3) is 0.143. The molecule has 1 N–H and O–H groups in total. The van der Waals surface area contributed by atoms with Gasteiger partial charge in [-0.3, -0.25) is 4.79 Å². The van der Waals surface area contributed by atoms with E-state index in [-0.39, 0.29) is 5.91 Å². The first-order valence-electron chi connectivity index (χ1n) is 8.66. The van der Waals surface area contributed by atoms with Crippen LogP contribution in [0.1, 0.15) is 11.3 Å². The van der Waals surface area contributed by atoms with Crippen LogP contribution in [0.2, 0.25) is 0 Å². The number of carbonyl (C=O) groups is 1. The zero-order chi connectivity index (χ0) is 19.0. The third-order valence-electron chi connectivity index (χ3n) is 4.48. The van der Waals surface area contributed by atoms with Gasteiger partial charge in [0.05, 0.1) is 17.8 Å². The Labute approximate surface area is 165 Å². The summed E-state index contributed by atoms with van der Waals surface area (Å²) in [7, 11) is 2.00. The van der Waals surface area contributed by atoms with Crippen LogP contribution in [0.5, 0.6) is 0 Å². The van der Waals surface area contributed by atoms with Gasteiger partial charge in [-0.15, -0.1) is 0 Å². The Morgan fingerprint density at radius 2 is 1.96 bits per heavy atom. The lowest BCUT2D eigenvalue weighted by molar-refractivity contribution is -0.115. The molecule has 0 spiro atoms. The van der Waals surface area contributed by atoms with E-state index in [4.69, 9.17) is 0 Å². The monoisotopic (exact) mass is 422 g/mol. The summed E-state index contributed by atoms with van der Waals surface area (Å²) in [5.74, 6) is 0.596. The first-order valence-corrected chi connectivity index (χ1v) is 9.46. The van der Waals surface area contributed by atoms with E-state index in [0.29, 0.717) is 12.2 Å². The van der Waals surface area contributed by atoms with Gasteiger partial charge in [0.2, 0.25) is 5.91 Å². The molecular weight excluding hydrogens is 404 g/mol. The molecule has 0 bridgehead atoms. The van der Waals surface area contributed by atoms with Crippen molar-refractivity contribution < 1.29 is 4.79 Å². The molecule has 0 atom stereocenters. The van der Waals surface area contributed by atoms with Crippen LogP contribution in [0.4, 0.5) is 5.82 Å². The highest BCUT2D eigenvalue weighted by Crippen LogP contribution is 2.23. The van der Waals surface area contributed by atoms with E-state index < -0.39 is 0 Å². The fourth-order valence-electron chi connectivity index (χ4n) is 3.32. The van der Waals surface area contributed by atoms with Crippen LogP contribution < -0.4 is 5.32 Å². The highest BCUT2D eigenvalue weighted by Gasteiger charge is 2.14. The quantitative estimate of drug-likeness (QED) is 0.521. The van der Waals surface area contributed by atoms with E-state index in [2.05, 4.69) is 32.4 Å². The molecule has 0 aliphatic rings. The Hall–Kier alpha value is -2.86.